The van der Waals surface area contributed by atoms with Crippen molar-refractivity contribution in [1.29, 1.82) is 0 Å². The summed E-state index contributed by atoms with van der Waals surface area (Å²) in [6, 6.07) is 11.4. The van der Waals surface area contributed by atoms with Crippen LogP contribution in [0.2, 0.25) is 0 Å². The Morgan fingerprint density at radius 1 is 1.15 bits per heavy atom. The number of benzene rings is 2. The van der Waals surface area contributed by atoms with Crippen LogP contribution in [0, 0.1) is 3.57 Å². The summed E-state index contributed by atoms with van der Waals surface area (Å²) < 4.78 is 39.3. The van der Waals surface area contributed by atoms with Crippen LogP contribution in [0.15, 0.2) is 47.4 Å². The molecular formula is C17H17IN2O5S. The number of ether oxygens (including phenoxy) is 2. The number of nitrogens with one attached hydrogen (secondary N) is 2. The van der Waals surface area contributed by atoms with E-state index in [4.69, 9.17) is 9.47 Å². The SMILES string of the molecule is COc1ccc(NC(=O)[C@@H]2O[C@H]2C)cc1S(=O)(=O)Nc1ccc(I)cc1. The molecule has 1 saturated heterocycles. The Labute approximate surface area is 165 Å². The fourth-order valence-electron chi connectivity index (χ4n) is 2.37. The molecule has 0 spiro atoms. The first-order valence-electron chi connectivity index (χ1n) is 7.73. The van der Waals surface area contributed by atoms with Gasteiger partial charge in [0.05, 0.1) is 13.2 Å². The number of rotatable bonds is 6. The number of sulfonamides is 1. The highest BCUT2D eigenvalue weighted by Crippen LogP contribution is 2.30. The smallest absolute Gasteiger partial charge is 0.265 e. The number of anilines is 2. The van der Waals surface area contributed by atoms with Crippen LogP contribution in [-0.2, 0) is 19.6 Å². The summed E-state index contributed by atoms with van der Waals surface area (Å²) in [5.41, 5.74) is 0.781. The van der Waals surface area contributed by atoms with E-state index in [1.165, 1.54) is 19.2 Å². The molecule has 2 atom stereocenters. The second-order valence-corrected chi connectivity index (χ2v) is 8.63. The van der Waals surface area contributed by atoms with E-state index in [-0.39, 0.29) is 22.7 Å². The molecule has 2 aromatic rings. The highest BCUT2D eigenvalue weighted by molar-refractivity contribution is 14.1. The molecule has 138 valence electrons. The maximum Gasteiger partial charge on any atom is 0.265 e. The molecule has 0 saturated carbocycles. The Morgan fingerprint density at radius 3 is 2.35 bits per heavy atom. The van der Waals surface area contributed by atoms with Crippen molar-refractivity contribution in [2.45, 2.75) is 24.0 Å². The molecule has 0 aliphatic carbocycles. The lowest BCUT2D eigenvalue weighted by Gasteiger charge is -2.13. The summed E-state index contributed by atoms with van der Waals surface area (Å²) in [4.78, 5) is 11.9. The van der Waals surface area contributed by atoms with E-state index < -0.39 is 16.1 Å². The zero-order valence-electron chi connectivity index (χ0n) is 14.0. The van der Waals surface area contributed by atoms with Crippen LogP contribution in [-0.4, -0.2) is 33.6 Å². The number of epoxide rings is 1. The predicted octanol–water partition coefficient (Wildman–Crippen LogP) is 2.83. The summed E-state index contributed by atoms with van der Waals surface area (Å²) in [6.45, 7) is 1.79. The Balaban J connectivity index is 1.87. The number of hydrogen-bond donors (Lipinski definition) is 2. The summed E-state index contributed by atoms with van der Waals surface area (Å²) in [7, 11) is -2.52. The summed E-state index contributed by atoms with van der Waals surface area (Å²) >= 11 is 2.14. The van der Waals surface area contributed by atoms with Gasteiger partial charge in [-0.05, 0) is 72.0 Å². The molecule has 0 bridgehead atoms. The molecule has 0 aromatic heterocycles. The molecule has 1 aliphatic rings. The van der Waals surface area contributed by atoms with E-state index in [1.54, 1.807) is 37.3 Å². The molecular weight excluding hydrogens is 471 g/mol. The third-order valence-electron chi connectivity index (χ3n) is 3.79. The lowest BCUT2D eigenvalue weighted by atomic mass is 10.2. The second-order valence-electron chi connectivity index (χ2n) is 5.73. The van der Waals surface area contributed by atoms with Crippen molar-refractivity contribution in [2.24, 2.45) is 0 Å². The van der Waals surface area contributed by atoms with E-state index in [9.17, 15) is 13.2 Å². The number of amides is 1. The van der Waals surface area contributed by atoms with Crippen molar-refractivity contribution >= 4 is 49.9 Å². The van der Waals surface area contributed by atoms with E-state index in [2.05, 4.69) is 32.6 Å². The minimum absolute atomic E-state index is 0.0684. The third-order valence-corrected chi connectivity index (χ3v) is 5.91. The fourth-order valence-corrected chi connectivity index (χ4v) is 3.98. The van der Waals surface area contributed by atoms with Crippen molar-refractivity contribution in [3.8, 4) is 5.75 Å². The standard InChI is InChI=1S/C17H17IN2O5S/c1-10-16(25-10)17(21)19-13-7-8-14(24-2)15(9-13)26(22,23)20-12-5-3-11(18)4-6-12/h3-10,16,20H,1-2H3,(H,19,21)/t10-,16+/m0/s1. The average molecular weight is 488 g/mol. The molecule has 2 N–H and O–H groups in total. The predicted molar refractivity (Wildman–Crippen MR) is 106 cm³/mol. The fraction of sp³-hybridized carbons (Fsp3) is 0.235. The van der Waals surface area contributed by atoms with Crippen molar-refractivity contribution in [3.05, 3.63) is 46.0 Å². The molecule has 3 rings (SSSR count). The van der Waals surface area contributed by atoms with E-state index in [1.807, 2.05) is 0 Å². The number of halogens is 1. The molecule has 2 aromatic carbocycles. The van der Waals surface area contributed by atoms with Crippen molar-refractivity contribution in [3.63, 3.8) is 0 Å². The zero-order valence-corrected chi connectivity index (χ0v) is 17.0. The highest BCUT2D eigenvalue weighted by Gasteiger charge is 2.41. The average Bonchev–Trinajstić information content (AvgIpc) is 3.34. The van der Waals surface area contributed by atoms with Gasteiger partial charge >= 0.3 is 0 Å². The summed E-state index contributed by atoms with van der Waals surface area (Å²) in [5.74, 6) is -0.131. The van der Waals surface area contributed by atoms with Gasteiger partial charge in [-0.3, -0.25) is 9.52 Å². The van der Waals surface area contributed by atoms with E-state index >= 15 is 0 Å². The number of methoxy groups -OCH3 is 1. The monoisotopic (exact) mass is 488 g/mol. The van der Waals surface area contributed by atoms with Crippen molar-refractivity contribution < 1.29 is 22.7 Å². The van der Waals surface area contributed by atoms with Crippen LogP contribution in [0.1, 0.15) is 6.92 Å². The lowest BCUT2D eigenvalue weighted by Crippen LogP contribution is -2.20. The molecule has 1 heterocycles. The normalized spacial score (nSPS) is 18.9. The van der Waals surface area contributed by atoms with Gasteiger partial charge in [0.1, 0.15) is 10.6 Å². The van der Waals surface area contributed by atoms with Crippen molar-refractivity contribution in [2.75, 3.05) is 17.1 Å². The first-order chi connectivity index (χ1) is 12.3. The van der Waals surface area contributed by atoms with Gasteiger partial charge in [0.25, 0.3) is 15.9 Å². The molecule has 1 amide bonds. The van der Waals surface area contributed by atoms with Gasteiger partial charge in [-0.25, -0.2) is 8.42 Å². The number of carbonyl (C=O) groups is 1. The minimum Gasteiger partial charge on any atom is -0.495 e. The van der Waals surface area contributed by atoms with Crippen LogP contribution in [0.4, 0.5) is 11.4 Å². The van der Waals surface area contributed by atoms with Gasteiger partial charge < -0.3 is 14.8 Å². The Morgan fingerprint density at radius 2 is 1.77 bits per heavy atom. The molecule has 0 radical (unpaired) electrons. The second kappa shape index (κ2) is 7.41. The number of carbonyl (C=O) groups excluding carboxylic acids is 1. The Hall–Kier alpha value is -1.85. The summed E-state index contributed by atoms with van der Waals surface area (Å²) in [6.07, 6.45) is -0.624. The van der Waals surface area contributed by atoms with Gasteiger partial charge in [-0.15, -0.1) is 0 Å². The Kier molecular flexibility index (Phi) is 5.39. The highest BCUT2D eigenvalue weighted by atomic mass is 127. The van der Waals surface area contributed by atoms with Crippen LogP contribution in [0.25, 0.3) is 0 Å². The quantitative estimate of drug-likeness (QED) is 0.482. The van der Waals surface area contributed by atoms with Gasteiger partial charge in [0.15, 0.2) is 6.10 Å². The molecule has 1 fully saturated rings. The lowest BCUT2D eigenvalue weighted by molar-refractivity contribution is -0.117. The van der Waals surface area contributed by atoms with Gasteiger partial charge in [-0.1, -0.05) is 0 Å². The topological polar surface area (TPSA) is 97.0 Å². The largest absolute Gasteiger partial charge is 0.495 e. The van der Waals surface area contributed by atoms with E-state index in [0.29, 0.717) is 11.4 Å². The van der Waals surface area contributed by atoms with Gasteiger partial charge in [0, 0.05) is 14.9 Å². The molecule has 0 unspecified atom stereocenters. The summed E-state index contributed by atoms with van der Waals surface area (Å²) in [5, 5.41) is 2.66. The van der Waals surface area contributed by atoms with Crippen LogP contribution in [0.5, 0.6) is 5.75 Å². The molecule has 26 heavy (non-hydrogen) atoms. The van der Waals surface area contributed by atoms with Crippen LogP contribution < -0.4 is 14.8 Å². The van der Waals surface area contributed by atoms with E-state index in [0.717, 1.165) is 3.57 Å². The zero-order chi connectivity index (χ0) is 18.9. The molecule has 9 heteroatoms. The Bertz CT molecular complexity index is 931. The first-order valence-corrected chi connectivity index (χ1v) is 10.3. The van der Waals surface area contributed by atoms with Gasteiger partial charge in [0.2, 0.25) is 0 Å². The molecule has 1 aliphatic heterocycles. The van der Waals surface area contributed by atoms with Crippen molar-refractivity contribution in [1.82, 2.24) is 0 Å². The maximum atomic E-state index is 12.8. The maximum absolute atomic E-state index is 12.8. The molecule has 7 nitrogen and oxygen atoms in total. The van der Waals surface area contributed by atoms with Crippen LogP contribution >= 0.6 is 22.6 Å². The van der Waals surface area contributed by atoms with Gasteiger partial charge in [-0.2, -0.15) is 0 Å². The minimum atomic E-state index is -3.90. The van der Waals surface area contributed by atoms with Crippen LogP contribution in [0.3, 0.4) is 0 Å². The third kappa shape index (κ3) is 4.27. The number of hydrogen-bond acceptors (Lipinski definition) is 5. The first kappa shape index (κ1) is 18.9.